The molecular formula is C17H23ClN6O. The van der Waals surface area contributed by atoms with Crippen molar-refractivity contribution in [3.63, 3.8) is 0 Å². The Morgan fingerprint density at radius 2 is 2.12 bits per heavy atom. The van der Waals surface area contributed by atoms with Gasteiger partial charge in [-0.05, 0) is 55.8 Å². The van der Waals surface area contributed by atoms with Crippen LogP contribution in [0.4, 0.5) is 0 Å². The van der Waals surface area contributed by atoms with Gasteiger partial charge in [-0.15, -0.1) is 10.2 Å². The van der Waals surface area contributed by atoms with Crippen LogP contribution in [0, 0.1) is 0 Å². The van der Waals surface area contributed by atoms with Crippen LogP contribution >= 0.6 is 11.6 Å². The number of benzene rings is 1. The molecule has 0 radical (unpaired) electrons. The highest BCUT2D eigenvalue weighted by Crippen LogP contribution is 2.24. The van der Waals surface area contributed by atoms with Crippen LogP contribution in [0.2, 0.25) is 5.02 Å². The van der Waals surface area contributed by atoms with E-state index in [1.807, 2.05) is 19.1 Å². The predicted molar refractivity (Wildman–Crippen MR) is 96.3 cm³/mol. The molecule has 1 fully saturated rings. The van der Waals surface area contributed by atoms with Gasteiger partial charge in [-0.2, -0.15) is 4.80 Å². The first-order chi connectivity index (χ1) is 12.1. The number of likely N-dealkylation sites (N-methyl/N-ethyl adjacent to an activating group) is 1. The number of carbonyl (C=O) groups excluding carboxylic acids is 1. The summed E-state index contributed by atoms with van der Waals surface area (Å²) in [7, 11) is 2.10. The van der Waals surface area contributed by atoms with Crippen LogP contribution in [0.1, 0.15) is 32.2 Å². The largest absolute Gasteiger partial charge is 0.353 e. The molecule has 1 saturated carbocycles. The Kier molecular flexibility index (Phi) is 5.65. The lowest BCUT2D eigenvalue weighted by Gasteiger charge is -2.17. The zero-order chi connectivity index (χ0) is 17.8. The van der Waals surface area contributed by atoms with Crippen molar-refractivity contribution in [2.75, 3.05) is 20.1 Å². The molecule has 0 spiro atoms. The molecule has 1 aliphatic carbocycles. The maximum Gasteiger partial charge on any atom is 0.246 e. The van der Waals surface area contributed by atoms with Crippen LogP contribution in [0.3, 0.4) is 0 Å². The van der Waals surface area contributed by atoms with Crippen LogP contribution in [-0.4, -0.2) is 57.2 Å². The Bertz CT molecular complexity index is 712. The number of carbonyl (C=O) groups is 1. The monoisotopic (exact) mass is 362 g/mol. The maximum atomic E-state index is 12.5. The highest BCUT2D eigenvalue weighted by atomic mass is 35.5. The van der Waals surface area contributed by atoms with Crippen molar-refractivity contribution in [3.8, 4) is 11.4 Å². The fourth-order valence-electron chi connectivity index (χ4n) is 2.70. The third-order valence-electron chi connectivity index (χ3n) is 4.43. The highest BCUT2D eigenvalue weighted by molar-refractivity contribution is 6.30. The summed E-state index contributed by atoms with van der Waals surface area (Å²) in [5.41, 5.74) is 0.817. The number of aromatic nitrogens is 4. The minimum absolute atomic E-state index is 0.0771. The molecule has 2 aromatic rings. The van der Waals surface area contributed by atoms with E-state index in [9.17, 15) is 4.79 Å². The summed E-state index contributed by atoms with van der Waals surface area (Å²) in [4.78, 5) is 16.1. The fraction of sp³-hybridized carbons (Fsp3) is 0.529. The number of halogens is 1. The van der Waals surface area contributed by atoms with Gasteiger partial charge < -0.3 is 10.2 Å². The number of rotatable bonds is 8. The minimum atomic E-state index is -0.459. The molecule has 3 rings (SSSR count). The van der Waals surface area contributed by atoms with Crippen molar-refractivity contribution in [2.45, 2.75) is 38.3 Å². The SMILES string of the molecule is CCC(C(=O)NCCN(C)C1CC1)n1nnc(-c2ccc(Cl)cc2)n1. The molecule has 1 aliphatic rings. The van der Waals surface area contributed by atoms with Crippen molar-refractivity contribution in [1.82, 2.24) is 30.4 Å². The van der Waals surface area contributed by atoms with E-state index in [1.54, 1.807) is 12.1 Å². The van der Waals surface area contributed by atoms with Gasteiger partial charge in [-0.1, -0.05) is 18.5 Å². The molecule has 1 N–H and O–H groups in total. The molecule has 1 unspecified atom stereocenters. The number of tetrazole rings is 1. The van der Waals surface area contributed by atoms with Crippen LogP contribution in [0.5, 0.6) is 0 Å². The highest BCUT2D eigenvalue weighted by Gasteiger charge is 2.26. The van der Waals surface area contributed by atoms with Crippen molar-refractivity contribution >= 4 is 17.5 Å². The van der Waals surface area contributed by atoms with E-state index in [4.69, 9.17) is 11.6 Å². The molecule has 25 heavy (non-hydrogen) atoms. The Labute approximate surface area is 152 Å². The number of nitrogens with one attached hydrogen (secondary N) is 1. The lowest BCUT2D eigenvalue weighted by atomic mass is 10.2. The van der Waals surface area contributed by atoms with Crippen LogP contribution in [0.15, 0.2) is 24.3 Å². The van der Waals surface area contributed by atoms with Gasteiger partial charge in [-0.3, -0.25) is 4.79 Å². The van der Waals surface area contributed by atoms with Gasteiger partial charge in [0.25, 0.3) is 0 Å². The Balaban J connectivity index is 1.60. The van der Waals surface area contributed by atoms with E-state index < -0.39 is 6.04 Å². The van der Waals surface area contributed by atoms with Gasteiger partial charge >= 0.3 is 0 Å². The minimum Gasteiger partial charge on any atom is -0.353 e. The molecule has 1 amide bonds. The number of amides is 1. The molecule has 1 atom stereocenters. The van der Waals surface area contributed by atoms with Gasteiger partial charge in [0.15, 0.2) is 6.04 Å². The van der Waals surface area contributed by atoms with Gasteiger partial charge in [0.2, 0.25) is 11.7 Å². The Hall–Kier alpha value is -1.99. The predicted octanol–water partition coefficient (Wildman–Crippen LogP) is 2.16. The Morgan fingerprint density at radius 1 is 1.40 bits per heavy atom. The van der Waals surface area contributed by atoms with Crippen LogP contribution < -0.4 is 5.32 Å². The molecule has 0 aliphatic heterocycles. The molecule has 0 bridgehead atoms. The summed E-state index contributed by atoms with van der Waals surface area (Å²) in [5.74, 6) is 0.406. The molecule has 0 saturated heterocycles. The van der Waals surface area contributed by atoms with E-state index in [0.29, 0.717) is 29.9 Å². The average Bonchev–Trinajstić information content (AvgIpc) is 3.35. The van der Waals surface area contributed by atoms with Crippen LogP contribution in [-0.2, 0) is 4.79 Å². The molecule has 134 valence electrons. The second kappa shape index (κ2) is 7.93. The van der Waals surface area contributed by atoms with Gasteiger partial charge in [-0.25, -0.2) is 0 Å². The van der Waals surface area contributed by atoms with Crippen molar-refractivity contribution < 1.29 is 4.79 Å². The average molecular weight is 363 g/mol. The first kappa shape index (κ1) is 17.8. The summed E-state index contributed by atoms with van der Waals surface area (Å²) >= 11 is 5.89. The van der Waals surface area contributed by atoms with E-state index in [-0.39, 0.29) is 5.91 Å². The van der Waals surface area contributed by atoms with E-state index in [0.717, 1.165) is 12.1 Å². The summed E-state index contributed by atoms with van der Waals surface area (Å²) < 4.78 is 0. The molecule has 1 aromatic heterocycles. The zero-order valence-electron chi connectivity index (χ0n) is 14.5. The quantitative estimate of drug-likeness (QED) is 0.778. The smallest absolute Gasteiger partial charge is 0.246 e. The fourth-order valence-corrected chi connectivity index (χ4v) is 2.82. The van der Waals surface area contributed by atoms with E-state index >= 15 is 0 Å². The first-order valence-electron chi connectivity index (χ1n) is 8.62. The third-order valence-corrected chi connectivity index (χ3v) is 4.68. The number of hydrogen-bond donors (Lipinski definition) is 1. The van der Waals surface area contributed by atoms with E-state index in [2.05, 4.69) is 32.7 Å². The second-order valence-corrected chi connectivity index (χ2v) is 6.80. The second-order valence-electron chi connectivity index (χ2n) is 6.37. The summed E-state index contributed by atoms with van der Waals surface area (Å²) in [6.45, 7) is 3.42. The standard InChI is InChI=1S/C17H23ClN6O/c1-3-15(17(25)19-10-11-23(2)14-8-9-14)24-21-16(20-22-24)12-4-6-13(18)7-5-12/h4-7,14-15H,3,8-11H2,1-2H3,(H,19,25). The normalized spacial score (nSPS) is 15.4. The van der Waals surface area contributed by atoms with Gasteiger partial charge in [0.1, 0.15) is 0 Å². The van der Waals surface area contributed by atoms with Crippen LogP contribution in [0.25, 0.3) is 11.4 Å². The first-order valence-corrected chi connectivity index (χ1v) is 8.99. The Morgan fingerprint density at radius 3 is 2.76 bits per heavy atom. The summed E-state index contributed by atoms with van der Waals surface area (Å²) in [6.07, 6.45) is 3.12. The molecule has 1 aromatic carbocycles. The third kappa shape index (κ3) is 4.55. The zero-order valence-corrected chi connectivity index (χ0v) is 15.3. The van der Waals surface area contributed by atoms with Gasteiger partial charge in [0, 0.05) is 29.7 Å². The molecule has 7 nitrogen and oxygen atoms in total. The number of nitrogens with zero attached hydrogens (tertiary/aromatic N) is 5. The molecular weight excluding hydrogens is 340 g/mol. The molecule has 8 heteroatoms. The maximum absolute atomic E-state index is 12.5. The van der Waals surface area contributed by atoms with Crippen molar-refractivity contribution in [1.29, 1.82) is 0 Å². The molecule has 1 heterocycles. The number of hydrogen-bond acceptors (Lipinski definition) is 5. The van der Waals surface area contributed by atoms with Gasteiger partial charge in [0.05, 0.1) is 0 Å². The van der Waals surface area contributed by atoms with Crippen molar-refractivity contribution in [2.24, 2.45) is 0 Å². The topological polar surface area (TPSA) is 75.9 Å². The lowest BCUT2D eigenvalue weighted by Crippen LogP contribution is -2.38. The van der Waals surface area contributed by atoms with Crippen molar-refractivity contribution in [3.05, 3.63) is 29.3 Å². The lowest BCUT2D eigenvalue weighted by molar-refractivity contribution is -0.125. The van der Waals surface area contributed by atoms with E-state index in [1.165, 1.54) is 17.6 Å². The summed E-state index contributed by atoms with van der Waals surface area (Å²) in [5, 5.41) is 16.1. The summed E-state index contributed by atoms with van der Waals surface area (Å²) in [6, 6.07) is 7.45.